The Morgan fingerprint density at radius 1 is 1.03 bits per heavy atom. The van der Waals surface area contributed by atoms with E-state index < -0.39 is 9.84 Å². The fraction of sp³-hybridized carbons (Fsp3) is 0.240. The third-order valence-electron chi connectivity index (χ3n) is 6.09. The Morgan fingerprint density at radius 2 is 1.79 bits per heavy atom. The number of hydrogen-bond acceptors (Lipinski definition) is 6. The fourth-order valence-electron chi connectivity index (χ4n) is 4.37. The summed E-state index contributed by atoms with van der Waals surface area (Å²) >= 11 is 0. The number of benzene rings is 2. The molecule has 1 saturated carbocycles. The molecule has 1 N–H and O–H groups in total. The molecule has 0 unspecified atom stereocenters. The standard InChI is InChI=1S/C25H23N3O4S/c1-16-23-21(15-22(27-25(23)32-28-16)17-8-3-2-4-9-17)24(29)26-18-10-7-13-20(14-18)33(30,31)19-11-5-6-12-19/h2-4,7-10,13-15,19H,5-6,11-12H2,1H3,(H,26,29). The van der Waals surface area contributed by atoms with Crippen LogP contribution in [-0.4, -0.2) is 29.7 Å². The van der Waals surface area contributed by atoms with Gasteiger partial charge in [0.15, 0.2) is 9.84 Å². The maximum Gasteiger partial charge on any atom is 0.259 e. The van der Waals surface area contributed by atoms with Crippen LogP contribution in [-0.2, 0) is 9.84 Å². The highest BCUT2D eigenvalue weighted by Crippen LogP contribution is 2.31. The van der Waals surface area contributed by atoms with Crippen molar-refractivity contribution in [3.05, 3.63) is 71.9 Å². The van der Waals surface area contributed by atoms with Crippen molar-refractivity contribution in [2.45, 2.75) is 42.8 Å². The van der Waals surface area contributed by atoms with Crippen LogP contribution in [0, 0.1) is 6.92 Å². The van der Waals surface area contributed by atoms with Gasteiger partial charge in [-0.1, -0.05) is 54.4 Å². The molecule has 33 heavy (non-hydrogen) atoms. The molecule has 0 radical (unpaired) electrons. The Morgan fingerprint density at radius 3 is 2.55 bits per heavy atom. The molecular formula is C25H23N3O4S. The van der Waals surface area contributed by atoms with Crippen LogP contribution in [0.25, 0.3) is 22.4 Å². The van der Waals surface area contributed by atoms with E-state index in [-0.39, 0.29) is 21.8 Å². The van der Waals surface area contributed by atoms with Gasteiger partial charge in [0.25, 0.3) is 11.6 Å². The maximum absolute atomic E-state index is 13.3. The smallest absolute Gasteiger partial charge is 0.259 e. The molecule has 1 fully saturated rings. The van der Waals surface area contributed by atoms with Gasteiger partial charge in [-0.05, 0) is 44.0 Å². The molecule has 168 valence electrons. The highest BCUT2D eigenvalue weighted by Gasteiger charge is 2.30. The second-order valence-electron chi connectivity index (χ2n) is 8.30. The van der Waals surface area contributed by atoms with Crippen LogP contribution >= 0.6 is 0 Å². The van der Waals surface area contributed by atoms with Gasteiger partial charge >= 0.3 is 0 Å². The van der Waals surface area contributed by atoms with E-state index in [2.05, 4.69) is 15.5 Å². The fourth-order valence-corrected chi connectivity index (χ4v) is 6.27. The lowest BCUT2D eigenvalue weighted by molar-refractivity contribution is 0.102. The van der Waals surface area contributed by atoms with Gasteiger partial charge in [0.1, 0.15) is 0 Å². The number of fused-ring (bicyclic) bond motifs is 1. The molecule has 1 aliphatic rings. The molecule has 0 saturated heterocycles. The van der Waals surface area contributed by atoms with Gasteiger partial charge in [-0.2, -0.15) is 0 Å². The number of carbonyl (C=O) groups is 1. The zero-order valence-corrected chi connectivity index (χ0v) is 18.9. The van der Waals surface area contributed by atoms with Gasteiger partial charge in [-0.15, -0.1) is 0 Å². The van der Waals surface area contributed by atoms with E-state index in [1.807, 2.05) is 30.3 Å². The van der Waals surface area contributed by atoms with E-state index >= 15 is 0 Å². The molecule has 7 nitrogen and oxygen atoms in total. The highest BCUT2D eigenvalue weighted by atomic mass is 32.2. The van der Waals surface area contributed by atoms with E-state index in [9.17, 15) is 13.2 Å². The van der Waals surface area contributed by atoms with Crippen molar-refractivity contribution in [1.29, 1.82) is 0 Å². The first kappa shape index (κ1) is 21.3. The Balaban J connectivity index is 1.50. The van der Waals surface area contributed by atoms with Crippen molar-refractivity contribution >= 4 is 32.5 Å². The minimum absolute atomic E-state index is 0.234. The minimum Gasteiger partial charge on any atom is -0.335 e. The zero-order chi connectivity index (χ0) is 23.0. The summed E-state index contributed by atoms with van der Waals surface area (Å²) in [5.74, 6) is -0.388. The van der Waals surface area contributed by atoms with E-state index in [1.165, 1.54) is 6.07 Å². The zero-order valence-electron chi connectivity index (χ0n) is 18.1. The topological polar surface area (TPSA) is 102 Å². The Hall–Kier alpha value is -3.52. The largest absolute Gasteiger partial charge is 0.335 e. The first-order valence-corrected chi connectivity index (χ1v) is 12.5. The number of anilines is 1. The number of aromatic nitrogens is 2. The summed E-state index contributed by atoms with van der Waals surface area (Å²) in [7, 11) is -3.42. The van der Waals surface area contributed by atoms with E-state index in [4.69, 9.17) is 4.52 Å². The van der Waals surface area contributed by atoms with Gasteiger partial charge < -0.3 is 9.84 Å². The molecule has 2 aromatic carbocycles. The quantitative estimate of drug-likeness (QED) is 0.440. The van der Waals surface area contributed by atoms with Crippen molar-refractivity contribution in [1.82, 2.24) is 10.1 Å². The predicted octanol–water partition coefficient (Wildman–Crippen LogP) is 5.17. The van der Waals surface area contributed by atoms with Crippen LogP contribution in [0.2, 0.25) is 0 Å². The number of aryl methyl sites for hydroxylation is 1. The summed E-state index contributed by atoms with van der Waals surface area (Å²) in [6.07, 6.45) is 3.23. The molecule has 0 atom stereocenters. The maximum atomic E-state index is 13.3. The first-order chi connectivity index (χ1) is 15.9. The van der Waals surface area contributed by atoms with Crippen LogP contribution < -0.4 is 5.32 Å². The van der Waals surface area contributed by atoms with Crippen LogP contribution in [0.3, 0.4) is 0 Å². The van der Waals surface area contributed by atoms with Gasteiger partial charge in [0.05, 0.1) is 32.5 Å². The average Bonchev–Trinajstić information content (AvgIpc) is 3.50. The third kappa shape index (κ3) is 4.02. The third-order valence-corrected chi connectivity index (χ3v) is 8.35. The Bertz CT molecular complexity index is 1440. The van der Waals surface area contributed by atoms with Crippen molar-refractivity contribution in [3.8, 4) is 11.3 Å². The lowest BCUT2D eigenvalue weighted by atomic mass is 10.1. The predicted molar refractivity (Wildman–Crippen MR) is 126 cm³/mol. The number of sulfone groups is 1. The molecule has 0 aliphatic heterocycles. The van der Waals surface area contributed by atoms with E-state index in [0.29, 0.717) is 40.9 Å². The number of carbonyl (C=O) groups excluding carboxylic acids is 1. The SMILES string of the molecule is Cc1noc2nc(-c3ccccc3)cc(C(=O)Nc3cccc(S(=O)(=O)C4CCCC4)c3)c12. The van der Waals surface area contributed by atoms with Gasteiger partial charge in [-0.25, -0.2) is 13.4 Å². The Kier molecular flexibility index (Phi) is 5.46. The summed E-state index contributed by atoms with van der Waals surface area (Å²) in [6.45, 7) is 1.75. The molecule has 2 aromatic heterocycles. The highest BCUT2D eigenvalue weighted by molar-refractivity contribution is 7.92. The van der Waals surface area contributed by atoms with Gasteiger partial charge in [-0.3, -0.25) is 4.79 Å². The van der Waals surface area contributed by atoms with Crippen molar-refractivity contribution in [2.75, 3.05) is 5.32 Å². The summed E-state index contributed by atoms with van der Waals surface area (Å²) < 4.78 is 31.3. The summed E-state index contributed by atoms with van der Waals surface area (Å²) in [5.41, 5.74) is 3.03. The molecule has 8 heteroatoms. The lowest BCUT2D eigenvalue weighted by Crippen LogP contribution is -2.18. The lowest BCUT2D eigenvalue weighted by Gasteiger charge is -2.13. The van der Waals surface area contributed by atoms with Crippen molar-refractivity contribution in [3.63, 3.8) is 0 Å². The van der Waals surface area contributed by atoms with Crippen LogP contribution in [0.15, 0.2) is 70.1 Å². The number of pyridine rings is 1. The molecule has 5 rings (SSSR count). The van der Waals surface area contributed by atoms with Gasteiger partial charge in [0.2, 0.25) is 0 Å². The molecule has 4 aromatic rings. The number of nitrogens with one attached hydrogen (secondary N) is 1. The second kappa shape index (κ2) is 8.44. The van der Waals surface area contributed by atoms with Crippen molar-refractivity contribution in [2.24, 2.45) is 0 Å². The van der Waals surface area contributed by atoms with Crippen molar-refractivity contribution < 1.29 is 17.7 Å². The normalized spacial score (nSPS) is 14.6. The first-order valence-electron chi connectivity index (χ1n) is 10.9. The number of amides is 1. The second-order valence-corrected chi connectivity index (χ2v) is 10.5. The van der Waals surface area contributed by atoms with E-state index in [1.54, 1.807) is 31.2 Å². The van der Waals surface area contributed by atoms with Crippen LogP contribution in [0.4, 0.5) is 5.69 Å². The average molecular weight is 462 g/mol. The summed E-state index contributed by atoms with van der Waals surface area (Å²) in [4.78, 5) is 18.1. The number of rotatable bonds is 5. The monoisotopic (exact) mass is 461 g/mol. The number of hydrogen-bond donors (Lipinski definition) is 1. The number of nitrogens with zero attached hydrogens (tertiary/aromatic N) is 2. The molecule has 0 spiro atoms. The molecule has 0 bridgehead atoms. The molecule has 1 aliphatic carbocycles. The molecule has 1 amide bonds. The van der Waals surface area contributed by atoms with Gasteiger partial charge in [0, 0.05) is 11.3 Å². The minimum atomic E-state index is -3.42. The molecular weight excluding hydrogens is 438 g/mol. The van der Waals surface area contributed by atoms with Crippen LogP contribution in [0.5, 0.6) is 0 Å². The Labute approximate surface area is 191 Å². The van der Waals surface area contributed by atoms with Crippen LogP contribution in [0.1, 0.15) is 41.7 Å². The summed E-state index contributed by atoms with van der Waals surface area (Å²) in [6, 6.07) is 17.6. The van der Waals surface area contributed by atoms with E-state index in [0.717, 1.165) is 18.4 Å². The molecule has 2 heterocycles. The summed E-state index contributed by atoms with van der Waals surface area (Å²) in [5, 5.41) is 7.00.